The summed E-state index contributed by atoms with van der Waals surface area (Å²) in [5.74, 6) is 0.0121. The van der Waals surface area contributed by atoms with Gasteiger partial charge >= 0.3 is 0 Å². The Morgan fingerprint density at radius 1 is 1.47 bits per heavy atom. The summed E-state index contributed by atoms with van der Waals surface area (Å²) in [5.41, 5.74) is 0.721. The Morgan fingerprint density at radius 3 is 2.71 bits per heavy atom. The topological polar surface area (TPSA) is 34.0 Å². The molecule has 0 bridgehead atoms. The summed E-state index contributed by atoms with van der Waals surface area (Å²) < 4.78 is 2.93. The van der Waals surface area contributed by atoms with Crippen molar-refractivity contribution in [2.45, 2.75) is 38.8 Å². The number of nitrogens with one attached hydrogen (secondary N) is 1. The average molecular weight is 297 g/mol. The van der Waals surface area contributed by atoms with E-state index in [1.54, 1.807) is 0 Å². The van der Waals surface area contributed by atoms with E-state index in [9.17, 15) is 4.79 Å². The van der Waals surface area contributed by atoms with Gasteiger partial charge in [0.25, 0.3) is 5.91 Å². The summed E-state index contributed by atoms with van der Waals surface area (Å²) in [5, 5.41) is 3.06. The van der Waals surface area contributed by atoms with E-state index in [0.29, 0.717) is 0 Å². The number of nitrogens with zero attached hydrogens (tertiary/aromatic N) is 1. The van der Waals surface area contributed by atoms with Gasteiger partial charge in [-0.3, -0.25) is 4.79 Å². The molecule has 0 saturated heterocycles. The van der Waals surface area contributed by atoms with Gasteiger partial charge in [-0.05, 0) is 48.7 Å². The van der Waals surface area contributed by atoms with Crippen LogP contribution >= 0.6 is 15.9 Å². The van der Waals surface area contributed by atoms with Gasteiger partial charge in [-0.15, -0.1) is 0 Å². The molecule has 17 heavy (non-hydrogen) atoms. The molecule has 0 unspecified atom stereocenters. The minimum atomic E-state index is 0.0121. The van der Waals surface area contributed by atoms with E-state index in [1.807, 2.05) is 16.8 Å². The van der Waals surface area contributed by atoms with E-state index in [-0.39, 0.29) is 18.0 Å². The summed E-state index contributed by atoms with van der Waals surface area (Å²) in [6.45, 7) is 4.14. The Kier molecular flexibility index (Phi) is 3.72. The highest BCUT2D eigenvalue weighted by atomic mass is 79.9. The third-order valence-electron chi connectivity index (χ3n) is 2.95. The van der Waals surface area contributed by atoms with Crippen molar-refractivity contribution in [1.82, 2.24) is 9.88 Å². The predicted octanol–water partition coefficient (Wildman–Crippen LogP) is 3.28. The van der Waals surface area contributed by atoms with Crippen molar-refractivity contribution in [3.05, 3.63) is 34.6 Å². The molecule has 1 amide bonds. The van der Waals surface area contributed by atoms with E-state index in [1.165, 1.54) is 0 Å². The van der Waals surface area contributed by atoms with Crippen LogP contribution in [0.15, 0.2) is 28.9 Å². The van der Waals surface area contributed by atoms with Gasteiger partial charge in [-0.1, -0.05) is 12.2 Å². The number of hydrogen-bond acceptors (Lipinski definition) is 1. The Labute approximate surface area is 110 Å². The first-order chi connectivity index (χ1) is 8.08. The fourth-order valence-corrected chi connectivity index (χ4v) is 2.49. The molecule has 1 heterocycles. The Hall–Kier alpha value is -1.03. The second-order valence-corrected chi connectivity index (χ2v) is 5.57. The summed E-state index contributed by atoms with van der Waals surface area (Å²) >= 11 is 3.42. The van der Waals surface area contributed by atoms with Crippen molar-refractivity contribution in [2.75, 3.05) is 0 Å². The Morgan fingerprint density at radius 2 is 2.12 bits per heavy atom. The van der Waals surface area contributed by atoms with Gasteiger partial charge in [0.2, 0.25) is 0 Å². The highest BCUT2D eigenvalue weighted by Crippen LogP contribution is 2.20. The lowest BCUT2D eigenvalue weighted by atomic mass is 10.2. The fourth-order valence-electron chi connectivity index (χ4n) is 2.05. The van der Waals surface area contributed by atoms with Crippen molar-refractivity contribution in [1.29, 1.82) is 0 Å². The van der Waals surface area contributed by atoms with E-state index in [4.69, 9.17) is 0 Å². The van der Waals surface area contributed by atoms with Crippen molar-refractivity contribution in [3.8, 4) is 0 Å². The molecule has 92 valence electrons. The van der Waals surface area contributed by atoms with Gasteiger partial charge in [-0.25, -0.2) is 0 Å². The largest absolute Gasteiger partial charge is 0.347 e. The van der Waals surface area contributed by atoms with Crippen LogP contribution in [-0.4, -0.2) is 16.5 Å². The number of hydrogen-bond donors (Lipinski definition) is 1. The van der Waals surface area contributed by atoms with E-state index < -0.39 is 0 Å². The summed E-state index contributed by atoms with van der Waals surface area (Å²) in [6.07, 6.45) is 8.06. The summed E-state index contributed by atoms with van der Waals surface area (Å²) in [6, 6.07) is 2.41. The smallest absolute Gasteiger partial charge is 0.268 e. The molecule has 0 aromatic carbocycles. The molecule has 2 rings (SSSR count). The summed E-state index contributed by atoms with van der Waals surface area (Å²) in [7, 11) is 0. The maximum atomic E-state index is 12.2. The molecule has 1 aromatic heterocycles. The van der Waals surface area contributed by atoms with Gasteiger partial charge in [-0.2, -0.15) is 0 Å². The van der Waals surface area contributed by atoms with E-state index >= 15 is 0 Å². The molecule has 0 aliphatic heterocycles. The van der Waals surface area contributed by atoms with E-state index in [0.717, 1.165) is 23.0 Å². The molecule has 3 nitrogen and oxygen atoms in total. The lowest BCUT2D eigenvalue weighted by molar-refractivity contribution is 0.0928. The number of halogens is 1. The van der Waals surface area contributed by atoms with Crippen molar-refractivity contribution in [3.63, 3.8) is 0 Å². The Balaban J connectivity index is 2.12. The molecular formula is C13H17BrN2O. The zero-order valence-corrected chi connectivity index (χ0v) is 11.7. The molecule has 1 aliphatic rings. The summed E-state index contributed by atoms with van der Waals surface area (Å²) in [4.78, 5) is 12.2. The van der Waals surface area contributed by atoms with Gasteiger partial charge in [0.05, 0.1) is 0 Å². The van der Waals surface area contributed by atoms with Crippen LogP contribution in [0.2, 0.25) is 0 Å². The lowest BCUT2D eigenvalue weighted by Crippen LogP contribution is -2.34. The molecular weight excluding hydrogens is 280 g/mol. The van der Waals surface area contributed by atoms with Crippen LogP contribution in [0.3, 0.4) is 0 Å². The first kappa shape index (κ1) is 12.4. The molecule has 0 radical (unpaired) electrons. The first-order valence-corrected chi connectivity index (χ1v) is 6.70. The minimum Gasteiger partial charge on any atom is -0.347 e. The second-order valence-electron chi connectivity index (χ2n) is 4.66. The average Bonchev–Trinajstić information content (AvgIpc) is 2.86. The molecule has 0 saturated carbocycles. The second kappa shape index (κ2) is 5.08. The SMILES string of the molecule is CC(C)n1cc(Br)cc1C(=O)NC1CC=CC1. The maximum Gasteiger partial charge on any atom is 0.268 e. The van der Waals surface area contributed by atoms with Crippen molar-refractivity contribution < 1.29 is 4.79 Å². The highest BCUT2D eigenvalue weighted by Gasteiger charge is 2.18. The number of carbonyl (C=O) groups excluding carboxylic acids is 1. The third-order valence-corrected chi connectivity index (χ3v) is 3.38. The number of carbonyl (C=O) groups is 1. The van der Waals surface area contributed by atoms with Gasteiger partial charge < -0.3 is 9.88 Å². The van der Waals surface area contributed by atoms with Gasteiger partial charge in [0, 0.05) is 22.8 Å². The van der Waals surface area contributed by atoms with Crippen molar-refractivity contribution >= 4 is 21.8 Å². The number of rotatable bonds is 3. The van der Waals surface area contributed by atoms with Crippen LogP contribution in [0.5, 0.6) is 0 Å². The molecule has 1 aromatic rings. The minimum absolute atomic E-state index is 0.0121. The predicted molar refractivity (Wildman–Crippen MR) is 72.1 cm³/mol. The molecule has 1 aliphatic carbocycles. The third kappa shape index (κ3) is 2.80. The van der Waals surface area contributed by atoms with Crippen LogP contribution in [0.4, 0.5) is 0 Å². The maximum absolute atomic E-state index is 12.2. The normalized spacial score (nSPS) is 15.8. The standard InChI is InChI=1S/C13H17BrN2O/c1-9(2)16-8-10(14)7-12(16)13(17)15-11-5-3-4-6-11/h3-4,7-9,11H,5-6H2,1-2H3,(H,15,17). The van der Waals surface area contributed by atoms with Crippen molar-refractivity contribution in [2.24, 2.45) is 0 Å². The molecule has 0 fully saturated rings. The molecule has 1 N–H and O–H groups in total. The molecule has 0 spiro atoms. The molecule has 0 atom stereocenters. The number of amides is 1. The lowest BCUT2D eigenvalue weighted by Gasteiger charge is -2.15. The number of aromatic nitrogens is 1. The van der Waals surface area contributed by atoms with Crippen LogP contribution in [0.25, 0.3) is 0 Å². The van der Waals surface area contributed by atoms with Gasteiger partial charge in [0.15, 0.2) is 0 Å². The van der Waals surface area contributed by atoms with E-state index in [2.05, 4.69) is 47.2 Å². The van der Waals surface area contributed by atoms with Crippen LogP contribution in [0, 0.1) is 0 Å². The van der Waals surface area contributed by atoms with Gasteiger partial charge in [0.1, 0.15) is 5.69 Å². The van der Waals surface area contributed by atoms with Crippen LogP contribution in [0.1, 0.15) is 43.2 Å². The Bertz CT molecular complexity index is 440. The first-order valence-electron chi connectivity index (χ1n) is 5.91. The fraction of sp³-hybridized carbons (Fsp3) is 0.462. The van der Waals surface area contributed by atoms with Crippen LogP contribution in [-0.2, 0) is 0 Å². The molecule has 4 heteroatoms. The zero-order chi connectivity index (χ0) is 12.4. The van der Waals surface area contributed by atoms with Crippen LogP contribution < -0.4 is 5.32 Å². The monoisotopic (exact) mass is 296 g/mol. The zero-order valence-electron chi connectivity index (χ0n) is 10.1. The highest BCUT2D eigenvalue weighted by molar-refractivity contribution is 9.10. The quantitative estimate of drug-likeness (QED) is 0.854.